The Morgan fingerprint density at radius 2 is 2.24 bits per heavy atom. The molecule has 1 unspecified atom stereocenters. The first-order valence-electron chi connectivity index (χ1n) is 6.55. The van der Waals surface area contributed by atoms with Gasteiger partial charge in [-0.15, -0.1) is 0 Å². The zero-order chi connectivity index (χ0) is 12.6. The summed E-state index contributed by atoms with van der Waals surface area (Å²) in [6, 6.07) is 0.488. The lowest BCUT2D eigenvalue weighted by atomic mass is 9.66. The van der Waals surface area contributed by atoms with Crippen LogP contribution in [0.4, 0.5) is 0 Å². The Bertz CT molecular complexity index is 307. The van der Waals surface area contributed by atoms with Crippen molar-refractivity contribution in [2.75, 3.05) is 13.6 Å². The van der Waals surface area contributed by atoms with E-state index in [4.69, 9.17) is 5.11 Å². The SMILES string of the molecule is C[C@H](CC(=O)O)CC1(O)C[C@H]2CC[C@H]1CN2C. The average Bonchev–Trinajstić information content (AvgIpc) is 2.18. The molecule has 2 aliphatic heterocycles. The third-order valence-electron chi connectivity index (χ3n) is 4.55. The fraction of sp³-hybridized carbons (Fsp3) is 0.923. The summed E-state index contributed by atoms with van der Waals surface area (Å²) in [5, 5.41) is 19.5. The molecule has 1 saturated carbocycles. The van der Waals surface area contributed by atoms with E-state index in [0.29, 0.717) is 18.4 Å². The van der Waals surface area contributed by atoms with Crippen molar-refractivity contribution >= 4 is 5.97 Å². The van der Waals surface area contributed by atoms with Gasteiger partial charge in [0.25, 0.3) is 0 Å². The van der Waals surface area contributed by atoms with E-state index < -0.39 is 11.6 Å². The fourth-order valence-electron chi connectivity index (χ4n) is 3.70. The van der Waals surface area contributed by atoms with Crippen molar-refractivity contribution in [3.05, 3.63) is 0 Å². The number of rotatable bonds is 4. The number of aliphatic hydroxyl groups is 1. The highest BCUT2D eigenvalue weighted by molar-refractivity contribution is 5.66. The van der Waals surface area contributed by atoms with Crippen LogP contribution in [0.25, 0.3) is 0 Å². The monoisotopic (exact) mass is 241 g/mol. The van der Waals surface area contributed by atoms with Crippen molar-refractivity contribution < 1.29 is 15.0 Å². The molecule has 1 aliphatic carbocycles. The van der Waals surface area contributed by atoms with Crippen molar-refractivity contribution in [2.24, 2.45) is 11.8 Å². The summed E-state index contributed by atoms with van der Waals surface area (Å²) >= 11 is 0. The number of hydrogen-bond donors (Lipinski definition) is 2. The van der Waals surface area contributed by atoms with E-state index in [0.717, 1.165) is 19.4 Å². The molecule has 0 spiro atoms. The van der Waals surface area contributed by atoms with Crippen molar-refractivity contribution in [3.63, 3.8) is 0 Å². The third kappa shape index (κ3) is 2.63. The van der Waals surface area contributed by atoms with Crippen molar-refractivity contribution in [2.45, 2.75) is 50.7 Å². The Labute approximate surface area is 103 Å². The summed E-state index contributed by atoms with van der Waals surface area (Å²) < 4.78 is 0. The lowest BCUT2D eigenvalue weighted by Gasteiger charge is -2.53. The summed E-state index contributed by atoms with van der Waals surface area (Å²) in [6.07, 6.45) is 3.88. The topological polar surface area (TPSA) is 60.8 Å². The smallest absolute Gasteiger partial charge is 0.303 e. The standard InChI is InChI=1S/C13H23NO3/c1-9(5-12(15)16)6-13(17)7-11-4-3-10(13)8-14(11)2/h9-11,17H,3-8H2,1-2H3,(H,15,16)/t9-,10+,11-,13?/m1/s1. The number of fused-ring (bicyclic) bond motifs is 3. The molecule has 98 valence electrons. The maximum Gasteiger partial charge on any atom is 0.303 e. The predicted molar refractivity (Wildman–Crippen MR) is 64.7 cm³/mol. The van der Waals surface area contributed by atoms with Crippen LogP contribution < -0.4 is 0 Å². The predicted octanol–water partition coefficient (Wildman–Crippen LogP) is 1.33. The molecule has 2 bridgehead atoms. The van der Waals surface area contributed by atoms with E-state index in [1.807, 2.05) is 6.92 Å². The minimum atomic E-state index is -0.765. The Hall–Kier alpha value is -0.610. The van der Waals surface area contributed by atoms with Crippen molar-refractivity contribution in [3.8, 4) is 0 Å². The molecule has 3 aliphatic rings. The minimum Gasteiger partial charge on any atom is -0.481 e. The van der Waals surface area contributed by atoms with E-state index in [9.17, 15) is 9.90 Å². The molecule has 0 amide bonds. The second kappa shape index (κ2) is 4.58. The molecule has 0 aromatic carbocycles. The molecule has 0 aromatic rings. The Morgan fingerprint density at radius 3 is 2.71 bits per heavy atom. The van der Waals surface area contributed by atoms with E-state index in [-0.39, 0.29) is 12.3 Å². The van der Waals surface area contributed by atoms with Crippen LogP contribution in [0.5, 0.6) is 0 Å². The number of carboxylic acid groups (broad SMARTS) is 1. The van der Waals surface area contributed by atoms with Crippen LogP contribution in [-0.2, 0) is 4.79 Å². The average molecular weight is 241 g/mol. The van der Waals surface area contributed by atoms with Crippen molar-refractivity contribution in [1.29, 1.82) is 0 Å². The molecule has 17 heavy (non-hydrogen) atoms. The molecule has 2 N–H and O–H groups in total. The van der Waals surface area contributed by atoms with Gasteiger partial charge in [0.05, 0.1) is 5.60 Å². The zero-order valence-corrected chi connectivity index (χ0v) is 10.7. The van der Waals surface area contributed by atoms with E-state index in [2.05, 4.69) is 11.9 Å². The van der Waals surface area contributed by atoms with E-state index in [1.54, 1.807) is 0 Å². The van der Waals surface area contributed by atoms with Gasteiger partial charge in [-0.1, -0.05) is 6.92 Å². The second-order valence-electron chi connectivity index (χ2n) is 6.08. The maximum atomic E-state index is 10.7. The largest absolute Gasteiger partial charge is 0.481 e. The number of carbonyl (C=O) groups is 1. The molecule has 4 heteroatoms. The maximum absolute atomic E-state index is 10.7. The zero-order valence-electron chi connectivity index (χ0n) is 10.7. The summed E-state index contributed by atoms with van der Waals surface area (Å²) in [5.41, 5.74) is -0.621. The quantitative estimate of drug-likeness (QED) is 0.779. The third-order valence-corrected chi connectivity index (χ3v) is 4.55. The summed E-state index contributed by atoms with van der Waals surface area (Å²) in [7, 11) is 2.12. The normalized spacial score (nSPS) is 39.2. The molecule has 4 nitrogen and oxygen atoms in total. The van der Waals surface area contributed by atoms with Gasteiger partial charge in [0.1, 0.15) is 0 Å². The van der Waals surface area contributed by atoms with Gasteiger partial charge in [-0.05, 0) is 38.6 Å². The molecule has 0 aromatic heterocycles. The van der Waals surface area contributed by atoms with Crippen LogP contribution in [0, 0.1) is 11.8 Å². The molecular formula is C13H23NO3. The lowest BCUT2D eigenvalue weighted by Crippen LogP contribution is -2.59. The first-order valence-corrected chi connectivity index (χ1v) is 6.55. The molecular weight excluding hydrogens is 218 g/mol. The number of hydrogen-bond acceptors (Lipinski definition) is 3. The second-order valence-corrected chi connectivity index (χ2v) is 6.08. The van der Waals surface area contributed by atoms with Gasteiger partial charge >= 0.3 is 5.97 Å². The fourth-order valence-corrected chi connectivity index (χ4v) is 3.70. The lowest BCUT2D eigenvalue weighted by molar-refractivity contribution is -0.143. The van der Waals surface area contributed by atoms with Crippen LogP contribution in [0.2, 0.25) is 0 Å². The van der Waals surface area contributed by atoms with Gasteiger partial charge in [-0.3, -0.25) is 4.79 Å². The summed E-state index contributed by atoms with van der Waals surface area (Å²) in [5.74, 6) is -0.380. The highest BCUT2D eigenvalue weighted by Gasteiger charge is 2.48. The van der Waals surface area contributed by atoms with E-state index >= 15 is 0 Å². The van der Waals surface area contributed by atoms with Crippen LogP contribution in [0.15, 0.2) is 0 Å². The molecule has 0 radical (unpaired) electrons. The number of piperidine rings is 2. The van der Waals surface area contributed by atoms with Crippen LogP contribution >= 0.6 is 0 Å². The molecule has 4 atom stereocenters. The van der Waals surface area contributed by atoms with Gasteiger partial charge in [0.2, 0.25) is 0 Å². The Morgan fingerprint density at radius 1 is 1.53 bits per heavy atom. The Balaban J connectivity index is 1.98. The van der Waals surface area contributed by atoms with Crippen LogP contribution in [0.1, 0.15) is 39.0 Å². The van der Waals surface area contributed by atoms with Crippen LogP contribution in [0.3, 0.4) is 0 Å². The Kier molecular flexibility index (Phi) is 3.46. The minimum absolute atomic E-state index is 0.0576. The molecule has 3 rings (SSSR count). The summed E-state index contributed by atoms with van der Waals surface area (Å²) in [6.45, 7) is 2.89. The molecule has 2 heterocycles. The van der Waals surface area contributed by atoms with Gasteiger partial charge in [-0.2, -0.15) is 0 Å². The van der Waals surface area contributed by atoms with Crippen molar-refractivity contribution in [1.82, 2.24) is 4.90 Å². The molecule has 2 saturated heterocycles. The van der Waals surface area contributed by atoms with Gasteiger partial charge in [0.15, 0.2) is 0 Å². The summed E-state index contributed by atoms with van der Waals surface area (Å²) in [4.78, 5) is 13.0. The number of aliphatic carboxylic acids is 1. The number of carboxylic acids is 1. The first kappa shape index (κ1) is 12.8. The highest BCUT2D eigenvalue weighted by Crippen LogP contribution is 2.44. The van der Waals surface area contributed by atoms with Gasteiger partial charge < -0.3 is 15.1 Å². The van der Waals surface area contributed by atoms with Gasteiger partial charge in [-0.25, -0.2) is 0 Å². The van der Waals surface area contributed by atoms with Crippen LogP contribution in [-0.4, -0.2) is 46.3 Å². The number of nitrogens with zero attached hydrogens (tertiary/aromatic N) is 1. The van der Waals surface area contributed by atoms with Gasteiger partial charge in [0, 0.05) is 24.9 Å². The molecule has 3 fully saturated rings. The first-order chi connectivity index (χ1) is 7.90. The van der Waals surface area contributed by atoms with E-state index in [1.165, 1.54) is 6.42 Å². The highest BCUT2D eigenvalue weighted by atomic mass is 16.4.